The molecule has 0 aromatic carbocycles. The molecule has 1 aromatic heterocycles. The maximum atomic E-state index is 8.35. The van der Waals surface area contributed by atoms with Crippen LogP contribution in [0.5, 0.6) is 0 Å². The molecule has 0 spiro atoms. The van der Waals surface area contributed by atoms with Crippen molar-refractivity contribution in [2.45, 2.75) is 30.9 Å². The quantitative estimate of drug-likeness (QED) is 0.710. The van der Waals surface area contributed by atoms with Crippen molar-refractivity contribution in [1.29, 1.82) is 5.26 Å². The van der Waals surface area contributed by atoms with Crippen molar-refractivity contribution in [3.8, 4) is 6.07 Å². The molecule has 2 rings (SSSR count). The smallest absolute Gasteiger partial charge is 0.236 e. The summed E-state index contributed by atoms with van der Waals surface area (Å²) in [5.74, 6) is 3.14. The average Bonchev–Trinajstić information content (AvgIpc) is 2.51. The molecular weight excluding hydrogens is 198 g/mol. The highest BCUT2D eigenvalue weighted by molar-refractivity contribution is 7.98. The molecular formula is C9H11N3OS. The number of nitrogens with zero attached hydrogens (tertiary/aromatic N) is 3. The van der Waals surface area contributed by atoms with Gasteiger partial charge < -0.3 is 4.52 Å². The van der Waals surface area contributed by atoms with Crippen LogP contribution in [0.3, 0.4) is 0 Å². The summed E-state index contributed by atoms with van der Waals surface area (Å²) < 4.78 is 5.08. The molecule has 0 saturated heterocycles. The SMILES string of the molecule is N#CCSCc1nc(C2CCC2)no1. The molecule has 0 unspecified atom stereocenters. The molecule has 1 aliphatic rings. The van der Waals surface area contributed by atoms with Crippen molar-refractivity contribution in [2.75, 3.05) is 5.75 Å². The fraction of sp³-hybridized carbons (Fsp3) is 0.667. The Morgan fingerprint density at radius 2 is 2.43 bits per heavy atom. The van der Waals surface area contributed by atoms with Crippen molar-refractivity contribution in [3.63, 3.8) is 0 Å². The standard InChI is InChI=1S/C9H11N3OS/c10-4-5-14-6-8-11-9(12-13-8)7-2-1-3-7/h7H,1-3,5-6H2. The van der Waals surface area contributed by atoms with Crippen LogP contribution >= 0.6 is 11.8 Å². The Labute approximate surface area is 86.7 Å². The maximum absolute atomic E-state index is 8.35. The highest BCUT2D eigenvalue weighted by atomic mass is 32.2. The van der Waals surface area contributed by atoms with E-state index >= 15 is 0 Å². The number of aromatic nitrogens is 2. The Kier molecular flexibility index (Phi) is 3.04. The van der Waals surface area contributed by atoms with Gasteiger partial charge in [-0.25, -0.2) is 0 Å². The van der Waals surface area contributed by atoms with E-state index in [-0.39, 0.29) is 0 Å². The van der Waals surface area contributed by atoms with Gasteiger partial charge in [0, 0.05) is 5.92 Å². The third-order valence-electron chi connectivity index (χ3n) is 2.35. The summed E-state index contributed by atoms with van der Waals surface area (Å²) in [6.07, 6.45) is 3.65. The molecule has 1 saturated carbocycles. The fourth-order valence-electron chi connectivity index (χ4n) is 1.34. The van der Waals surface area contributed by atoms with Crippen LogP contribution in [0, 0.1) is 11.3 Å². The topological polar surface area (TPSA) is 62.7 Å². The van der Waals surface area contributed by atoms with Crippen molar-refractivity contribution >= 4 is 11.8 Å². The van der Waals surface area contributed by atoms with Crippen LogP contribution in [-0.4, -0.2) is 15.9 Å². The Bertz CT molecular complexity index is 340. The van der Waals surface area contributed by atoms with Crippen LogP contribution in [0.1, 0.15) is 36.9 Å². The molecule has 0 bridgehead atoms. The number of rotatable bonds is 4. The summed E-state index contributed by atoms with van der Waals surface area (Å²) in [6, 6.07) is 2.06. The van der Waals surface area contributed by atoms with Gasteiger partial charge in [0.15, 0.2) is 5.82 Å². The average molecular weight is 209 g/mol. The van der Waals surface area contributed by atoms with E-state index in [1.54, 1.807) is 0 Å². The first kappa shape index (κ1) is 9.53. The van der Waals surface area contributed by atoms with E-state index in [1.807, 2.05) is 0 Å². The van der Waals surface area contributed by atoms with E-state index in [2.05, 4.69) is 16.2 Å². The summed E-state index contributed by atoms with van der Waals surface area (Å²) in [4.78, 5) is 4.30. The minimum atomic E-state index is 0.473. The second kappa shape index (κ2) is 4.47. The van der Waals surface area contributed by atoms with Gasteiger partial charge in [-0.3, -0.25) is 0 Å². The van der Waals surface area contributed by atoms with Gasteiger partial charge in [-0.05, 0) is 12.8 Å². The molecule has 0 amide bonds. The van der Waals surface area contributed by atoms with Crippen LogP contribution in [0.4, 0.5) is 0 Å². The molecule has 74 valence electrons. The third kappa shape index (κ3) is 2.07. The molecule has 1 aliphatic carbocycles. The predicted octanol–water partition coefficient (Wildman–Crippen LogP) is 2.09. The van der Waals surface area contributed by atoms with Crippen LogP contribution in [0.25, 0.3) is 0 Å². The predicted molar refractivity (Wildman–Crippen MR) is 52.7 cm³/mol. The Hall–Kier alpha value is -1.02. The van der Waals surface area contributed by atoms with Gasteiger partial charge in [-0.1, -0.05) is 11.6 Å². The van der Waals surface area contributed by atoms with Gasteiger partial charge in [-0.2, -0.15) is 10.2 Å². The zero-order valence-electron chi connectivity index (χ0n) is 7.77. The maximum Gasteiger partial charge on any atom is 0.236 e. The van der Waals surface area contributed by atoms with E-state index in [0.717, 1.165) is 5.82 Å². The van der Waals surface area contributed by atoms with Gasteiger partial charge >= 0.3 is 0 Å². The summed E-state index contributed by atoms with van der Waals surface area (Å²) in [6.45, 7) is 0. The number of nitriles is 1. The second-order valence-electron chi connectivity index (χ2n) is 3.33. The van der Waals surface area contributed by atoms with Crippen LogP contribution < -0.4 is 0 Å². The summed E-state index contributed by atoms with van der Waals surface area (Å²) in [7, 11) is 0. The summed E-state index contributed by atoms with van der Waals surface area (Å²) >= 11 is 1.50. The van der Waals surface area contributed by atoms with Crippen molar-refractivity contribution in [1.82, 2.24) is 10.1 Å². The van der Waals surface area contributed by atoms with Gasteiger partial charge in [0.05, 0.1) is 17.6 Å². The lowest BCUT2D eigenvalue weighted by Crippen LogP contribution is -2.10. The van der Waals surface area contributed by atoms with E-state index in [4.69, 9.17) is 9.78 Å². The summed E-state index contributed by atoms with van der Waals surface area (Å²) in [5, 5.41) is 12.3. The molecule has 0 N–H and O–H groups in total. The Morgan fingerprint density at radius 3 is 3.07 bits per heavy atom. The zero-order chi connectivity index (χ0) is 9.80. The number of hydrogen-bond acceptors (Lipinski definition) is 5. The highest BCUT2D eigenvalue weighted by Gasteiger charge is 2.24. The largest absolute Gasteiger partial charge is 0.338 e. The van der Waals surface area contributed by atoms with Gasteiger partial charge in [0.2, 0.25) is 5.89 Å². The third-order valence-corrected chi connectivity index (χ3v) is 3.13. The summed E-state index contributed by atoms with van der Waals surface area (Å²) in [5.41, 5.74) is 0. The lowest BCUT2D eigenvalue weighted by Gasteiger charge is -2.20. The van der Waals surface area contributed by atoms with E-state index in [9.17, 15) is 0 Å². The lowest BCUT2D eigenvalue weighted by molar-refractivity contribution is 0.353. The van der Waals surface area contributed by atoms with E-state index in [0.29, 0.717) is 23.3 Å². The molecule has 4 nitrogen and oxygen atoms in total. The molecule has 1 fully saturated rings. The minimum absolute atomic E-state index is 0.473. The number of hydrogen-bond donors (Lipinski definition) is 0. The van der Waals surface area contributed by atoms with E-state index in [1.165, 1.54) is 31.0 Å². The molecule has 14 heavy (non-hydrogen) atoms. The molecule has 1 aromatic rings. The Balaban J connectivity index is 1.86. The normalized spacial score (nSPS) is 16.2. The minimum Gasteiger partial charge on any atom is -0.338 e. The number of thioether (sulfide) groups is 1. The van der Waals surface area contributed by atoms with Gasteiger partial charge in [0.1, 0.15) is 0 Å². The molecule has 5 heteroatoms. The van der Waals surface area contributed by atoms with Crippen molar-refractivity contribution in [3.05, 3.63) is 11.7 Å². The highest BCUT2D eigenvalue weighted by Crippen LogP contribution is 2.34. The molecule has 0 atom stereocenters. The zero-order valence-corrected chi connectivity index (χ0v) is 8.59. The first-order chi connectivity index (χ1) is 6.90. The fourth-order valence-corrected chi connectivity index (χ4v) is 1.83. The molecule has 0 aliphatic heterocycles. The van der Waals surface area contributed by atoms with Crippen molar-refractivity contribution < 1.29 is 4.52 Å². The second-order valence-corrected chi connectivity index (χ2v) is 4.31. The van der Waals surface area contributed by atoms with Gasteiger partial charge in [-0.15, -0.1) is 11.8 Å². The van der Waals surface area contributed by atoms with Crippen LogP contribution in [-0.2, 0) is 5.75 Å². The monoisotopic (exact) mass is 209 g/mol. The first-order valence-electron chi connectivity index (χ1n) is 4.67. The molecule has 0 radical (unpaired) electrons. The lowest BCUT2D eigenvalue weighted by atomic mass is 9.85. The van der Waals surface area contributed by atoms with Crippen LogP contribution in [0.2, 0.25) is 0 Å². The van der Waals surface area contributed by atoms with Crippen LogP contribution in [0.15, 0.2) is 4.52 Å². The Morgan fingerprint density at radius 1 is 1.57 bits per heavy atom. The molecule has 1 heterocycles. The first-order valence-corrected chi connectivity index (χ1v) is 5.83. The van der Waals surface area contributed by atoms with Crippen molar-refractivity contribution in [2.24, 2.45) is 0 Å². The van der Waals surface area contributed by atoms with E-state index < -0.39 is 0 Å². The van der Waals surface area contributed by atoms with Gasteiger partial charge in [0.25, 0.3) is 0 Å².